The molecule has 0 bridgehead atoms. The molecule has 40 valence electrons. The van der Waals surface area contributed by atoms with E-state index in [0.717, 1.165) is 6.61 Å². The minimum Gasteiger partial charge on any atom is -0.497 e. The first-order valence-corrected chi connectivity index (χ1v) is 1.93. The van der Waals surface area contributed by atoms with Crippen LogP contribution in [0.15, 0.2) is 24.5 Å². The quantitative estimate of drug-likeness (QED) is 0.496. The second-order valence-electron chi connectivity index (χ2n) is 1.09. The van der Waals surface area contributed by atoms with Crippen LogP contribution in [-0.2, 0) is 4.74 Å². The summed E-state index contributed by atoms with van der Waals surface area (Å²) in [5.74, 6) is 0. The Morgan fingerprint density at radius 2 is 2.14 bits per heavy atom. The minimum absolute atomic E-state index is 0. The highest BCUT2D eigenvalue weighted by molar-refractivity contribution is 5.02. The van der Waals surface area contributed by atoms with Crippen LogP contribution in [0.5, 0.6) is 0 Å². The van der Waals surface area contributed by atoms with E-state index >= 15 is 0 Å². The fraction of sp³-hybridized carbons (Fsp3) is 0.200. The SMILES string of the molecule is C1=CCOC=C1.N. The van der Waals surface area contributed by atoms with Crippen molar-refractivity contribution in [1.82, 2.24) is 6.15 Å². The van der Waals surface area contributed by atoms with Gasteiger partial charge in [0, 0.05) is 0 Å². The molecule has 1 heterocycles. The molecule has 0 atom stereocenters. The van der Waals surface area contributed by atoms with E-state index in [1.165, 1.54) is 0 Å². The van der Waals surface area contributed by atoms with E-state index in [1.807, 2.05) is 18.2 Å². The molecule has 0 unspecified atom stereocenters. The monoisotopic (exact) mass is 99.1 g/mol. The van der Waals surface area contributed by atoms with Crippen molar-refractivity contribution in [3.8, 4) is 0 Å². The molecule has 2 heteroatoms. The van der Waals surface area contributed by atoms with Gasteiger partial charge in [-0.3, -0.25) is 0 Å². The van der Waals surface area contributed by atoms with Crippen molar-refractivity contribution < 1.29 is 4.74 Å². The Morgan fingerprint density at radius 3 is 2.29 bits per heavy atom. The second kappa shape index (κ2) is 3.43. The second-order valence-corrected chi connectivity index (χ2v) is 1.09. The van der Waals surface area contributed by atoms with E-state index in [1.54, 1.807) is 6.26 Å². The lowest BCUT2D eigenvalue weighted by atomic mass is 10.5. The molecule has 0 aromatic carbocycles. The van der Waals surface area contributed by atoms with Gasteiger partial charge in [0.1, 0.15) is 6.61 Å². The van der Waals surface area contributed by atoms with E-state index in [2.05, 4.69) is 0 Å². The maximum atomic E-state index is 4.80. The Hall–Kier alpha value is -0.760. The molecule has 1 rings (SSSR count). The normalized spacial score (nSPS) is 14.9. The Labute approximate surface area is 43.1 Å². The van der Waals surface area contributed by atoms with Gasteiger partial charge in [-0.2, -0.15) is 0 Å². The van der Waals surface area contributed by atoms with Crippen LogP contribution in [0.4, 0.5) is 0 Å². The van der Waals surface area contributed by atoms with Crippen LogP contribution >= 0.6 is 0 Å². The maximum Gasteiger partial charge on any atom is 0.106 e. The van der Waals surface area contributed by atoms with E-state index in [4.69, 9.17) is 4.74 Å². The largest absolute Gasteiger partial charge is 0.497 e. The average molecular weight is 99.1 g/mol. The van der Waals surface area contributed by atoms with Crippen LogP contribution < -0.4 is 6.15 Å². The lowest BCUT2D eigenvalue weighted by molar-refractivity contribution is 0.286. The number of rotatable bonds is 0. The van der Waals surface area contributed by atoms with E-state index in [9.17, 15) is 0 Å². The maximum absolute atomic E-state index is 4.80. The van der Waals surface area contributed by atoms with Gasteiger partial charge in [0.2, 0.25) is 0 Å². The molecule has 0 aromatic rings. The molecule has 2 nitrogen and oxygen atoms in total. The lowest BCUT2D eigenvalue weighted by Crippen LogP contribution is -1.82. The lowest BCUT2D eigenvalue weighted by Gasteiger charge is -1.94. The van der Waals surface area contributed by atoms with E-state index in [0.29, 0.717) is 0 Å². The Bertz CT molecular complexity index is 74.1. The minimum atomic E-state index is 0. The average Bonchev–Trinajstić information content (AvgIpc) is 1.72. The summed E-state index contributed by atoms with van der Waals surface area (Å²) < 4.78 is 4.80. The van der Waals surface area contributed by atoms with Gasteiger partial charge < -0.3 is 10.9 Å². The zero-order chi connectivity index (χ0) is 4.24. The van der Waals surface area contributed by atoms with Gasteiger partial charge in [-0.15, -0.1) is 0 Å². The van der Waals surface area contributed by atoms with Gasteiger partial charge in [-0.25, -0.2) is 0 Å². The Kier molecular flexibility index (Phi) is 3.06. The molecule has 3 N–H and O–H groups in total. The standard InChI is InChI=1S/C5H6O.H3N/c1-2-4-6-5-3-1;/h1-4H,5H2;1H3. The third-order valence-electron chi connectivity index (χ3n) is 0.614. The molecule has 1 aliphatic rings. The molecule has 0 spiro atoms. The molecular weight excluding hydrogens is 90.1 g/mol. The molecule has 0 saturated heterocycles. The molecule has 0 amide bonds. The predicted molar refractivity (Wildman–Crippen MR) is 29.3 cm³/mol. The molecule has 0 fully saturated rings. The first-order chi connectivity index (χ1) is 3.00. The third-order valence-corrected chi connectivity index (χ3v) is 0.614. The van der Waals surface area contributed by atoms with Crippen molar-refractivity contribution in [2.24, 2.45) is 0 Å². The summed E-state index contributed by atoms with van der Waals surface area (Å²) in [5, 5.41) is 0. The number of hydrogen-bond donors (Lipinski definition) is 1. The molecule has 0 aromatic heterocycles. The highest BCUT2D eigenvalue weighted by atomic mass is 16.5. The van der Waals surface area contributed by atoms with Gasteiger partial charge in [0.15, 0.2) is 0 Å². The molecule has 0 radical (unpaired) electrons. The summed E-state index contributed by atoms with van der Waals surface area (Å²) in [6, 6.07) is 0. The summed E-state index contributed by atoms with van der Waals surface area (Å²) in [6.45, 7) is 0.733. The number of ether oxygens (including phenoxy) is 1. The molecule has 1 aliphatic heterocycles. The summed E-state index contributed by atoms with van der Waals surface area (Å²) in [7, 11) is 0. The fourth-order valence-corrected chi connectivity index (χ4v) is 0.346. The summed E-state index contributed by atoms with van der Waals surface area (Å²) in [5.41, 5.74) is 0. The van der Waals surface area contributed by atoms with Crippen molar-refractivity contribution in [1.29, 1.82) is 0 Å². The first kappa shape index (κ1) is 6.24. The van der Waals surface area contributed by atoms with Crippen LogP contribution in [-0.4, -0.2) is 6.61 Å². The highest BCUT2D eigenvalue weighted by Crippen LogP contribution is 1.87. The highest BCUT2D eigenvalue weighted by Gasteiger charge is 1.75. The van der Waals surface area contributed by atoms with Crippen LogP contribution in [0.25, 0.3) is 0 Å². The van der Waals surface area contributed by atoms with Crippen molar-refractivity contribution in [3.63, 3.8) is 0 Å². The molecule has 7 heavy (non-hydrogen) atoms. The van der Waals surface area contributed by atoms with Crippen LogP contribution in [0.2, 0.25) is 0 Å². The Balaban J connectivity index is 0.000000360. The molecule has 0 saturated carbocycles. The van der Waals surface area contributed by atoms with Crippen LogP contribution in [0, 0.1) is 0 Å². The van der Waals surface area contributed by atoms with Gasteiger partial charge in [-0.05, 0) is 12.2 Å². The smallest absolute Gasteiger partial charge is 0.106 e. The van der Waals surface area contributed by atoms with E-state index < -0.39 is 0 Å². The summed E-state index contributed by atoms with van der Waals surface area (Å²) >= 11 is 0. The number of hydrogen-bond acceptors (Lipinski definition) is 2. The van der Waals surface area contributed by atoms with Gasteiger partial charge in [-0.1, -0.05) is 6.08 Å². The predicted octanol–water partition coefficient (Wildman–Crippen LogP) is 1.25. The van der Waals surface area contributed by atoms with Crippen molar-refractivity contribution in [2.45, 2.75) is 0 Å². The Morgan fingerprint density at radius 1 is 1.29 bits per heavy atom. The van der Waals surface area contributed by atoms with Gasteiger partial charge >= 0.3 is 0 Å². The first-order valence-electron chi connectivity index (χ1n) is 1.93. The van der Waals surface area contributed by atoms with Crippen molar-refractivity contribution >= 4 is 0 Å². The fourth-order valence-electron chi connectivity index (χ4n) is 0.346. The zero-order valence-electron chi connectivity index (χ0n) is 4.13. The topological polar surface area (TPSA) is 44.2 Å². The van der Waals surface area contributed by atoms with Crippen molar-refractivity contribution in [2.75, 3.05) is 6.61 Å². The zero-order valence-corrected chi connectivity index (χ0v) is 4.13. The summed E-state index contributed by atoms with van der Waals surface area (Å²) in [4.78, 5) is 0. The summed E-state index contributed by atoms with van der Waals surface area (Å²) in [6.07, 6.45) is 7.47. The van der Waals surface area contributed by atoms with Crippen molar-refractivity contribution in [3.05, 3.63) is 24.5 Å². The molecular formula is C5H9NO. The van der Waals surface area contributed by atoms with Crippen LogP contribution in [0.3, 0.4) is 0 Å². The number of allylic oxidation sites excluding steroid dienone is 2. The van der Waals surface area contributed by atoms with E-state index in [-0.39, 0.29) is 6.15 Å². The van der Waals surface area contributed by atoms with Gasteiger partial charge in [0.05, 0.1) is 6.26 Å². The molecule has 0 aliphatic carbocycles. The third kappa shape index (κ3) is 2.00. The van der Waals surface area contributed by atoms with Gasteiger partial charge in [0.25, 0.3) is 0 Å². The van der Waals surface area contributed by atoms with Crippen LogP contribution in [0.1, 0.15) is 0 Å².